The highest BCUT2D eigenvalue weighted by Gasteiger charge is 2.11. The van der Waals surface area contributed by atoms with Crippen LogP contribution in [0.25, 0.3) is 0 Å². The van der Waals surface area contributed by atoms with Gasteiger partial charge in [0.1, 0.15) is 10.8 Å². The van der Waals surface area contributed by atoms with Crippen molar-refractivity contribution in [3.63, 3.8) is 0 Å². The molecule has 0 bridgehead atoms. The summed E-state index contributed by atoms with van der Waals surface area (Å²) >= 11 is 11.6. The summed E-state index contributed by atoms with van der Waals surface area (Å²) in [5, 5.41) is 6.15. The molecule has 0 unspecified atom stereocenters. The molecule has 2 aromatic rings. The van der Waals surface area contributed by atoms with E-state index in [1.165, 1.54) is 6.07 Å². The van der Waals surface area contributed by atoms with Gasteiger partial charge in [-0.1, -0.05) is 49.2 Å². The highest BCUT2D eigenvalue weighted by atomic mass is 35.5. The van der Waals surface area contributed by atoms with Crippen LogP contribution in [-0.2, 0) is 11.3 Å². The molecule has 24 heavy (non-hydrogen) atoms. The third kappa shape index (κ3) is 5.28. The molecule has 0 atom stereocenters. The predicted molar refractivity (Wildman–Crippen MR) is 96.5 cm³/mol. The molecule has 0 fully saturated rings. The number of benzene rings is 1. The van der Waals surface area contributed by atoms with Gasteiger partial charge in [0.2, 0.25) is 5.91 Å². The summed E-state index contributed by atoms with van der Waals surface area (Å²) in [6.07, 6.45) is 0.468. The van der Waals surface area contributed by atoms with Gasteiger partial charge in [-0.25, -0.2) is 0 Å². The van der Waals surface area contributed by atoms with E-state index in [2.05, 4.69) is 15.6 Å². The fourth-order valence-electron chi connectivity index (χ4n) is 2.15. The van der Waals surface area contributed by atoms with Gasteiger partial charge in [0, 0.05) is 18.7 Å². The summed E-state index contributed by atoms with van der Waals surface area (Å²) < 4.78 is 0. The maximum Gasteiger partial charge on any atom is 0.268 e. The van der Waals surface area contributed by atoms with Crippen LogP contribution in [0.5, 0.6) is 0 Å². The first-order valence-corrected chi connectivity index (χ1v) is 8.31. The number of rotatable bonds is 6. The first-order chi connectivity index (χ1) is 11.3. The summed E-state index contributed by atoms with van der Waals surface area (Å²) in [6, 6.07) is 8.81. The fourth-order valence-corrected chi connectivity index (χ4v) is 2.46. The van der Waals surface area contributed by atoms with Crippen molar-refractivity contribution in [1.29, 1.82) is 0 Å². The van der Waals surface area contributed by atoms with Crippen LogP contribution in [0, 0.1) is 5.92 Å². The number of carbonyl (C=O) groups is 2. The minimum atomic E-state index is -0.307. The Hall–Kier alpha value is -1.98. The number of hydrogen-bond acceptors (Lipinski definition) is 2. The lowest BCUT2D eigenvalue weighted by molar-refractivity contribution is -0.116. The highest BCUT2D eigenvalue weighted by Crippen LogP contribution is 2.21. The van der Waals surface area contributed by atoms with Gasteiger partial charge in [-0.3, -0.25) is 9.59 Å². The van der Waals surface area contributed by atoms with Crippen molar-refractivity contribution in [2.45, 2.75) is 26.8 Å². The van der Waals surface area contributed by atoms with Crippen LogP contribution < -0.4 is 10.6 Å². The summed E-state index contributed by atoms with van der Waals surface area (Å²) in [7, 11) is 0. The summed E-state index contributed by atoms with van der Waals surface area (Å²) in [6.45, 7) is 4.30. The normalized spacial score (nSPS) is 10.7. The molecule has 1 heterocycles. The van der Waals surface area contributed by atoms with E-state index in [1.54, 1.807) is 0 Å². The smallest absolute Gasteiger partial charge is 0.268 e. The Bertz CT molecular complexity index is 722. The van der Waals surface area contributed by atoms with Crippen LogP contribution in [-0.4, -0.2) is 16.8 Å². The lowest BCUT2D eigenvalue weighted by Gasteiger charge is -2.09. The third-order valence-electron chi connectivity index (χ3n) is 3.23. The number of anilines is 1. The largest absolute Gasteiger partial charge is 0.347 e. The average Bonchev–Trinajstić information content (AvgIpc) is 2.84. The molecular formula is C17H19Cl2N3O2. The Morgan fingerprint density at radius 3 is 2.58 bits per heavy atom. The number of halogens is 2. The molecule has 3 N–H and O–H groups in total. The number of hydrogen-bond donors (Lipinski definition) is 3. The van der Waals surface area contributed by atoms with Gasteiger partial charge in [0.25, 0.3) is 5.91 Å². The van der Waals surface area contributed by atoms with Crippen LogP contribution in [0.3, 0.4) is 0 Å². The van der Waals surface area contributed by atoms with Crippen LogP contribution >= 0.6 is 23.2 Å². The second-order valence-corrected chi connectivity index (χ2v) is 6.66. The van der Waals surface area contributed by atoms with E-state index in [1.807, 2.05) is 38.1 Å². The second kappa shape index (κ2) is 8.22. The molecule has 2 rings (SSSR count). The molecule has 1 aromatic carbocycles. The molecule has 7 heteroatoms. The Morgan fingerprint density at radius 2 is 1.96 bits per heavy atom. The van der Waals surface area contributed by atoms with Crippen LogP contribution in [0.4, 0.5) is 5.69 Å². The summed E-state index contributed by atoms with van der Waals surface area (Å²) in [5.74, 6) is -0.0354. The SMILES string of the molecule is CC(C)CC(=O)Nc1cccc(CNC(=O)c2cc(Cl)c(Cl)[nH]2)c1. The van der Waals surface area contributed by atoms with Gasteiger partial charge in [-0.2, -0.15) is 0 Å². The zero-order chi connectivity index (χ0) is 17.7. The lowest BCUT2D eigenvalue weighted by Crippen LogP contribution is -2.23. The van der Waals surface area contributed by atoms with E-state index < -0.39 is 0 Å². The molecule has 0 saturated heterocycles. The van der Waals surface area contributed by atoms with Crippen LogP contribution in [0.1, 0.15) is 36.3 Å². The van der Waals surface area contributed by atoms with E-state index in [0.29, 0.717) is 35.3 Å². The molecule has 0 saturated carbocycles. The molecule has 2 amide bonds. The van der Waals surface area contributed by atoms with Gasteiger partial charge in [0.15, 0.2) is 0 Å². The topological polar surface area (TPSA) is 74.0 Å². The molecule has 5 nitrogen and oxygen atoms in total. The Morgan fingerprint density at radius 1 is 1.21 bits per heavy atom. The Kier molecular flexibility index (Phi) is 6.29. The molecule has 1 aromatic heterocycles. The zero-order valence-electron chi connectivity index (χ0n) is 13.5. The number of amides is 2. The van der Waals surface area contributed by atoms with Crippen molar-refractivity contribution in [2.75, 3.05) is 5.32 Å². The number of aromatic amines is 1. The van der Waals surface area contributed by atoms with Gasteiger partial charge < -0.3 is 15.6 Å². The summed E-state index contributed by atoms with van der Waals surface area (Å²) in [5.41, 5.74) is 1.87. The predicted octanol–water partition coefficient (Wildman–Crippen LogP) is 4.24. The highest BCUT2D eigenvalue weighted by molar-refractivity contribution is 6.41. The van der Waals surface area contributed by atoms with Crippen molar-refractivity contribution in [3.05, 3.63) is 51.8 Å². The van der Waals surface area contributed by atoms with E-state index in [-0.39, 0.29) is 17.0 Å². The van der Waals surface area contributed by atoms with Crippen LogP contribution in [0.2, 0.25) is 10.2 Å². The second-order valence-electron chi connectivity index (χ2n) is 5.87. The first kappa shape index (κ1) is 18.4. The molecule has 0 aliphatic rings. The number of nitrogens with one attached hydrogen (secondary N) is 3. The molecule has 0 radical (unpaired) electrons. The first-order valence-electron chi connectivity index (χ1n) is 7.56. The van der Waals surface area contributed by atoms with Crippen molar-refractivity contribution < 1.29 is 9.59 Å². The number of aromatic nitrogens is 1. The van der Waals surface area contributed by atoms with E-state index in [9.17, 15) is 9.59 Å². The Labute approximate surface area is 150 Å². The average molecular weight is 368 g/mol. The van der Waals surface area contributed by atoms with Gasteiger partial charge in [-0.05, 0) is 29.7 Å². The molecular weight excluding hydrogens is 349 g/mol. The van der Waals surface area contributed by atoms with Crippen molar-refractivity contribution >= 4 is 40.7 Å². The van der Waals surface area contributed by atoms with Gasteiger partial charge in [0.05, 0.1) is 5.02 Å². The van der Waals surface area contributed by atoms with E-state index in [0.717, 1.165) is 5.56 Å². The van der Waals surface area contributed by atoms with Crippen molar-refractivity contribution in [3.8, 4) is 0 Å². The lowest BCUT2D eigenvalue weighted by atomic mass is 10.1. The number of H-pyrrole nitrogens is 1. The number of carbonyl (C=O) groups excluding carboxylic acids is 2. The minimum Gasteiger partial charge on any atom is -0.347 e. The van der Waals surface area contributed by atoms with Crippen LogP contribution in [0.15, 0.2) is 30.3 Å². The molecule has 0 aliphatic carbocycles. The molecule has 0 spiro atoms. The van der Waals surface area contributed by atoms with Gasteiger partial charge >= 0.3 is 0 Å². The van der Waals surface area contributed by atoms with Gasteiger partial charge in [-0.15, -0.1) is 0 Å². The molecule has 0 aliphatic heterocycles. The third-order valence-corrected chi connectivity index (χ3v) is 3.92. The molecule has 128 valence electrons. The Balaban J connectivity index is 1.94. The van der Waals surface area contributed by atoms with Crippen molar-refractivity contribution in [1.82, 2.24) is 10.3 Å². The van der Waals surface area contributed by atoms with E-state index >= 15 is 0 Å². The zero-order valence-corrected chi connectivity index (χ0v) is 15.0. The minimum absolute atomic E-state index is 0.0261. The quantitative estimate of drug-likeness (QED) is 0.714. The monoisotopic (exact) mass is 367 g/mol. The maximum absolute atomic E-state index is 12.0. The maximum atomic E-state index is 12.0. The standard InChI is InChI=1S/C17H19Cl2N3O2/c1-10(2)6-15(23)21-12-5-3-4-11(7-12)9-20-17(24)14-8-13(18)16(19)22-14/h3-5,7-8,10,22H,6,9H2,1-2H3,(H,20,24)(H,21,23). The summed E-state index contributed by atoms with van der Waals surface area (Å²) in [4.78, 5) is 26.5. The fraction of sp³-hybridized carbons (Fsp3) is 0.294. The van der Waals surface area contributed by atoms with E-state index in [4.69, 9.17) is 23.2 Å². The van der Waals surface area contributed by atoms with Crippen molar-refractivity contribution in [2.24, 2.45) is 5.92 Å².